The van der Waals surface area contributed by atoms with Gasteiger partial charge < -0.3 is 15.7 Å². The fourth-order valence-corrected chi connectivity index (χ4v) is 2.52. The van der Waals surface area contributed by atoms with Gasteiger partial charge in [-0.3, -0.25) is 19.0 Å². The molecule has 2 aromatic heterocycles. The number of amides is 2. The van der Waals surface area contributed by atoms with Crippen LogP contribution in [0, 0.1) is 0 Å². The lowest BCUT2D eigenvalue weighted by atomic mass is 10.2. The molecule has 0 aliphatic rings. The minimum absolute atomic E-state index is 0.00788. The summed E-state index contributed by atoms with van der Waals surface area (Å²) < 4.78 is 2.94. The molecule has 10 heteroatoms. The Labute approximate surface area is 166 Å². The van der Waals surface area contributed by atoms with Crippen molar-refractivity contribution in [2.75, 3.05) is 10.6 Å². The number of rotatable bonds is 7. The number of carbonyl (C=O) groups excluding carboxylic acids is 2. The number of carboxylic acids is 1. The normalized spacial score (nSPS) is 11.7. The first kappa shape index (κ1) is 19.8. The van der Waals surface area contributed by atoms with E-state index in [4.69, 9.17) is 5.11 Å². The van der Waals surface area contributed by atoms with Crippen molar-refractivity contribution < 1.29 is 19.5 Å². The SMILES string of the molecule is CCn1ccc(C(=O)Nc2ccc(NC(=O)C(C)n3cc(C(=O)O)cn3)cc2)n1. The van der Waals surface area contributed by atoms with Gasteiger partial charge in [0.1, 0.15) is 6.04 Å². The van der Waals surface area contributed by atoms with Crippen LogP contribution in [0.2, 0.25) is 0 Å². The standard InChI is InChI=1S/C19H20N6O4/c1-3-24-9-8-16(23-24)18(27)22-15-6-4-14(5-7-15)21-17(26)12(2)25-11-13(10-20-25)19(28)29/h4-12H,3H2,1-2H3,(H,21,26)(H,22,27)(H,28,29). The maximum absolute atomic E-state index is 12.4. The fourth-order valence-electron chi connectivity index (χ4n) is 2.52. The summed E-state index contributed by atoms with van der Waals surface area (Å²) in [6, 6.07) is 7.56. The number of aromatic nitrogens is 4. The molecule has 3 N–H and O–H groups in total. The van der Waals surface area contributed by atoms with Crippen LogP contribution in [0.3, 0.4) is 0 Å². The van der Waals surface area contributed by atoms with E-state index in [1.807, 2.05) is 6.92 Å². The molecule has 29 heavy (non-hydrogen) atoms. The van der Waals surface area contributed by atoms with E-state index < -0.39 is 12.0 Å². The molecule has 1 unspecified atom stereocenters. The summed E-state index contributed by atoms with van der Waals surface area (Å²) in [4.78, 5) is 35.5. The molecule has 150 valence electrons. The first-order valence-electron chi connectivity index (χ1n) is 8.90. The van der Waals surface area contributed by atoms with Gasteiger partial charge in [0.15, 0.2) is 5.69 Å². The molecule has 0 saturated heterocycles. The minimum Gasteiger partial charge on any atom is -0.478 e. The lowest BCUT2D eigenvalue weighted by molar-refractivity contribution is -0.119. The highest BCUT2D eigenvalue weighted by Crippen LogP contribution is 2.16. The Hall–Kier alpha value is -3.95. The molecule has 1 atom stereocenters. The molecule has 0 saturated carbocycles. The minimum atomic E-state index is -1.11. The number of benzene rings is 1. The molecule has 0 aliphatic heterocycles. The van der Waals surface area contributed by atoms with Gasteiger partial charge in [-0.2, -0.15) is 10.2 Å². The van der Waals surface area contributed by atoms with Gasteiger partial charge in [-0.15, -0.1) is 0 Å². The van der Waals surface area contributed by atoms with E-state index in [2.05, 4.69) is 20.8 Å². The zero-order chi connectivity index (χ0) is 21.0. The number of anilines is 2. The maximum Gasteiger partial charge on any atom is 0.338 e. The zero-order valence-corrected chi connectivity index (χ0v) is 15.9. The van der Waals surface area contributed by atoms with Crippen molar-refractivity contribution in [1.82, 2.24) is 19.6 Å². The molecule has 3 aromatic rings. The highest BCUT2D eigenvalue weighted by atomic mass is 16.4. The Kier molecular flexibility index (Phi) is 5.72. The Morgan fingerprint density at radius 2 is 1.76 bits per heavy atom. The van der Waals surface area contributed by atoms with E-state index in [0.717, 1.165) is 0 Å². The van der Waals surface area contributed by atoms with Crippen LogP contribution in [0.1, 0.15) is 40.7 Å². The van der Waals surface area contributed by atoms with Gasteiger partial charge in [0, 0.05) is 30.3 Å². The van der Waals surface area contributed by atoms with Crippen LogP contribution < -0.4 is 10.6 Å². The molecular weight excluding hydrogens is 376 g/mol. The third kappa shape index (κ3) is 4.67. The molecule has 0 bridgehead atoms. The molecule has 1 aromatic carbocycles. The van der Waals surface area contributed by atoms with Crippen molar-refractivity contribution in [3.63, 3.8) is 0 Å². The summed E-state index contributed by atoms with van der Waals surface area (Å²) in [5.74, 6) is -1.79. The van der Waals surface area contributed by atoms with Crippen LogP contribution in [-0.2, 0) is 11.3 Å². The van der Waals surface area contributed by atoms with Gasteiger partial charge in [-0.05, 0) is 44.2 Å². The molecule has 0 radical (unpaired) electrons. The second-order valence-electron chi connectivity index (χ2n) is 6.27. The lowest BCUT2D eigenvalue weighted by Crippen LogP contribution is -2.24. The third-order valence-electron chi connectivity index (χ3n) is 4.23. The van der Waals surface area contributed by atoms with Gasteiger partial charge in [0.2, 0.25) is 5.91 Å². The van der Waals surface area contributed by atoms with E-state index in [-0.39, 0.29) is 17.4 Å². The average Bonchev–Trinajstić information content (AvgIpc) is 3.38. The first-order valence-corrected chi connectivity index (χ1v) is 8.90. The summed E-state index contributed by atoms with van der Waals surface area (Å²) >= 11 is 0. The molecule has 0 spiro atoms. The van der Waals surface area contributed by atoms with Crippen LogP contribution in [0.25, 0.3) is 0 Å². The number of aryl methyl sites for hydroxylation is 1. The number of hydrogen-bond acceptors (Lipinski definition) is 5. The monoisotopic (exact) mass is 396 g/mol. The molecule has 10 nitrogen and oxygen atoms in total. The lowest BCUT2D eigenvalue weighted by Gasteiger charge is -2.13. The van der Waals surface area contributed by atoms with Crippen LogP contribution in [0.15, 0.2) is 48.9 Å². The predicted molar refractivity (Wildman–Crippen MR) is 105 cm³/mol. The Morgan fingerprint density at radius 1 is 1.10 bits per heavy atom. The maximum atomic E-state index is 12.4. The summed E-state index contributed by atoms with van der Waals surface area (Å²) in [5, 5.41) is 22.5. The van der Waals surface area contributed by atoms with Gasteiger partial charge in [-0.1, -0.05) is 0 Å². The van der Waals surface area contributed by atoms with Crippen LogP contribution in [-0.4, -0.2) is 42.5 Å². The molecule has 2 heterocycles. The van der Waals surface area contributed by atoms with E-state index in [0.29, 0.717) is 23.6 Å². The quantitative estimate of drug-likeness (QED) is 0.561. The van der Waals surface area contributed by atoms with Crippen molar-refractivity contribution in [3.05, 3.63) is 60.2 Å². The summed E-state index contributed by atoms with van der Waals surface area (Å²) in [6.07, 6.45) is 4.21. The Morgan fingerprint density at radius 3 is 2.31 bits per heavy atom. The van der Waals surface area contributed by atoms with Crippen molar-refractivity contribution in [3.8, 4) is 0 Å². The highest BCUT2D eigenvalue weighted by molar-refractivity contribution is 6.03. The highest BCUT2D eigenvalue weighted by Gasteiger charge is 2.18. The van der Waals surface area contributed by atoms with Gasteiger partial charge in [-0.25, -0.2) is 4.79 Å². The summed E-state index contributed by atoms with van der Waals surface area (Å²) in [6.45, 7) is 4.22. The molecular formula is C19H20N6O4. The Bertz CT molecular complexity index is 1040. The largest absolute Gasteiger partial charge is 0.478 e. The van der Waals surface area contributed by atoms with Crippen molar-refractivity contribution in [2.24, 2.45) is 0 Å². The predicted octanol–water partition coefficient (Wildman–Crippen LogP) is 2.25. The number of nitrogens with one attached hydrogen (secondary N) is 2. The van der Waals surface area contributed by atoms with Crippen LogP contribution in [0.5, 0.6) is 0 Å². The van der Waals surface area contributed by atoms with E-state index in [1.54, 1.807) is 48.1 Å². The Balaban J connectivity index is 1.59. The van der Waals surface area contributed by atoms with Crippen LogP contribution in [0.4, 0.5) is 11.4 Å². The number of hydrogen-bond donors (Lipinski definition) is 3. The average molecular weight is 396 g/mol. The van der Waals surface area contributed by atoms with E-state index in [1.165, 1.54) is 17.1 Å². The molecule has 3 rings (SSSR count). The van der Waals surface area contributed by atoms with E-state index >= 15 is 0 Å². The van der Waals surface area contributed by atoms with Gasteiger partial charge in [0.05, 0.1) is 11.8 Å². The van der Waals surface area contributed by atoms with Gasteiger partial charge in [0.25, 0.3) is 5.91 Å². The summed E-state index contributed by atoms with van der Waals surface area (Å²) in [5.41, 5.74) is 1.41. The fraction of sp³-hybridized carbons (Fsp3) is 0.211. The van der Waals surface area contributed by atoms with Gasteiger partial charge >= 0.3 is 5.97 Å². The topological polar surface area (TPSA) is 131 Å². The first-order chi connectivity index (χ1) is 13.9. The number of nitrogens with zero attached hydrogens (tertiary/aromatic N) is 4. The number of carbonyl (C=O) groups is 3. The third-order valence-corrected chi connectivity index (χ3v) is 4.23. The number of carboxylic acid groups (broad SMARTS) is 1. The smallest absolute Gasteiger partial charge is 0.338 e. The molecule has 0 fully saturated rings. The van der Waals surface area contributed by atoms with Crippen molar-refractivity contribution in [2.45, 2.75) is 26.4 Å². The molecule has 2 amide bonds. The van der Waals surface area contributed by atoms with Crippen molar-refractivity contribution >= 4 is 29.2 Å². The number of aromatic carboxylic acids is 1. The summed E-state index contributed by atoms with van der Waals surface area (Å²) in [7, 11) is 0. The molecule has 0 aliphatic carbocycles. The van der Waals surface area contributed by atoms with E-state index in [9.17, 15) is 14.4 Å². The second-order valence-corrected chi connectivity index (χ2v) is 6.27. The van der Waals surface area contributed by atoms with Crippen molar-refractivity contribution in [1.29, 1.82) is 0 Å². The zero-order valence-electron chi connectivity index (χ0n) is 15.9. The second kappa shape index (κ2) is 8.38. The van der Waals surface area contributed by atoms with Crippen LogP contribution >= 0.6 is 0 Å².